The zero-order valence-electron chi connectivity index (χ0n) is 17.9. The molecule has 5 rings (SSSR count). The molecule has 166 valence electrons. The lowest BCUT2D eigenvalue weighted by molar-refractivity contribution is 0.0928. The van der Waals surface area contributed by atoms with Crippen LogP contribution in [-0.4, -0.2) is 59.4 Å². The maximum atomic E-state index is 12.9. The van der Waals surface area contributed by atoms with Crippen LogP contribution in [0.5, 0.6) is 0 Å². The van der Waals surface area contributed by atoms with E-state index in [0.717, 1.165) is 16.5 Å². The normalized spacial score (nSPS) is 21.4. The van der Waals surface area contributed by atoms with E-state index in [4.69, 9.17) is 4.74 Å². The van der Waals surface area contributed by atoms with Crippen molar-refractivity contribution in [2.75, 3.05) is 26.9 Å². The average Bonchev–Trinajstić information content (AvgIpc) is 3.15. The van der Waals surface area contributed by atoms with Crippen molar-refractivity contribution in [3.8, 4) is 0 Å². The summed E-state index contributed by atoms with van der Waals surface area (Å²) in [7, 11) is 1.55. The van der Waals surface area contributed by atoms with Crippen LogP contribution in [-0.2, 0) is 17.7 Å². The van der Waals surface area contributed by atoms with Crippen LogP contribution in [0.1, 0.15) is 32.1 Å². The molecule has 3 aromatic rings. The molecule has 2 amide bonds. The first-order valence-corrected chi connectivity index (χ1v) is 10.9. The van der Waals surface area contributed by atoms with Crippen LogP contribution in [0.3, 0.4) is 0 Å². The summed E-state index contributed by atoms with van der Waals surface area (Å²) in [6.07, 6.45) is 2.43. The minimum absolute atomic E-state index is 0.0665. The monoisotopic (exact) mass is 434 g/mol. The fourth-order valence-corrected chi connectivity index (χ4v) is 4.68. The average molecular weight is 434 g/mol. The molecule has 8 nitrogen and oxygen atoms in total. The van der Waals surface area contributed by atoms with Crippen molar-refractivity contribution in [1.29, 1.82) is 0 Å². The molecule has 8 heteroatoms. The number of aliphatic hydroxyl groups is 1. The Bertz CT molecular complexity index is 1180. The van der Waals surface area contributed by atoms with Gasteiger partial charge in [-0.25, -0.2) is 4.98 Å². The van der Waals surface area contributed by atoms with E-state index in [1.54, 1.807) is 19.2 Å². The van der Waals surface area contributed by atoms with Crippen molar-refractivity contribution < 1.29 is 19.4 Å². The molecule has 0 spiro atoms. The van der Waals surface area contributed by atoms with Crippen LogP contribution in [0, 0.1) is 11.8 Å². The predicted molar refractivity (Wildman–Crippen MR) is 119 cm³/mol. The molecule has 1 aliphatic carbocycles. The topological polar surface area (TPSA) is 105 Å². The van der Waals surface area contributed by atoms with Crippen molar-refractivity contribution in [2.24, 2.45) is 11.8 Å². The molecular weight excluding hydrogens is 408 g/mol. The van der Waals surface area contributed by atoms with Crippen molar-refractivity contribution in [3.05, 3.63) is 65.1 Å². The maximum absolute atomic E-state index is 12.9. The summed E-state index contributed by atoms with van der Waals surface area (Å²) in [4.78, 5) is 29.8. The van der Waals surface area contributed by atoms with Gasteiger partial charge in [-0.2, -0.15) is 0 Å². The molecule has 1 unspecified atom stereocenters. The number of hydrogen-bond donors (Lipinski definition) is 3. The lowest BCUT2D eigenvalue weighted by Gasteiger charge is -2.11. The van der Waals surface area contributed by atoms with Gasteiger partial charge in [0, 0.05) is 66.2 Å². The summed E-state index contributed by atoms with van der Waals surface area (Å²) in [6.45, 7) is 1.98. The SMILES string of the molecule is CNC(=O)c1cc(C(=O)NC2[C@H]3COC[C@@H]23)cc(Cc2cccc3c2ccn3CCO)n1. The van der Waals surface area contributed by atoms with E-state index in [0.29, 0.717) is 49.3 Å². The number of carbonyl (C=O) groups is 2. The predicted octanol–water partition coefficient (Wildman–Crippen LogP) is 1.35. The van der Waals surface area contributed by atoms with Crippen molar-refractivity contribution >= 4 is 22.7 Å². The standard InChI is InChI=1S/C24H26N4O4/c1-25-24(31)20-11-15(23(30)27-22-18-12-32-13-19(18)22)10-16(26-20)9-14-3-2-4-21-17(14)5-6-28(21)7-8-29/h2-6,10-11,18-19,22,29H,7-9,12-13H2,1H3,(H,25,31)(H,27,30)/t18-,19+,22?. The van der Waals surface area contributed by atoms with Gasteiger partial charge >= 0.3 is 0 Å². The Morgan fingerprint density at radius 3 is 2.75 bits per heavy atom. The van der Waals surface area contributed by atoms with E-state index in [9.17, 15) is 14.7 Å². The number of fused-ring (bicyclic) bond motifs is 2. The highest BCUT2D eigenvalue weighted by Crippen LogP contribution is 2.44. The van der Waals surface area contributed by atoms with Gasteiger partial charge in [0.05, 0.1) is 19.8 Å². The van der Waals surface area contributed by atoms with Gasteiger partial charge in [0.25, 0.3) is 11.8 Å². The molecule has 1 aliphatic heterocycles. The summed E-state index contributed by atoms with van der Waals surface area (Å²) in [5, 5.41) is 16.0. The number of rotatable bonds is 7. The first kappa shape index (κ1) is 20.7. The molecule has 1 saturated heterocycles. The summed E-state index contributed by atoms with van der Waals surface area (Å²) in [5.41, 5.74) is 3.38. The van der Waals surface area contributed by atoms with Crippen LogP contribution in [0.4, 0.5) is 0 Å². The van der Waals surface area contributed by atoms with Gasteiger partial charge in [-0.15, -0.1) is 0 Å². The first-order valence-electron chi connectivity index (χ1n) is 10.9. The summed E-state index contributed by atoms with van der Waals surface area (Å²) < 4.78 is 7.40. The Morgan fingerprint density at radius 2 is 2.00 bits per heavy atom. The lowest BCUT2D eigenvalue weighted by Crippen LogP contribution is -2.30. The van der Waals surface area contributed by atoms with Gasteiger partial charge in [-0.05, 0) is 29.8 Å². The second-order valence-electron chi connectivity index (χ2n) is 8.44. The Hall–Kier alpha value is -3.23. The minimum Gasteiger partial charge on any atom is -0.395 e. The van der Waals surface area contributed by atoms with Gasteiger partial charge in [-0.3, -0.25) is 9.59 Å². The molecule has 0 bridgehead atoms. The van der Waals surface area contributed by atoms with Gasteiger partial charge in [0.1, 0.15) is 5.69 Å². The second kappa shape index (κ2) is 8.37. The summed E-state index contributed by atoms with van der Waals surface area (Å²) in [6, 6.07) is 11.5. The van der Waals surface area contributed by atoms with Gasteiger partial charge in [0.15, 0.2) is 0 Å². The molecule has 2 aromatic heterocycles. The smallest absolute Gasteiger partial charge is 0.269 e. The third-order valence-corrected chi connectivity index (χ3v) is 6.47. The molecule has 2 fully saturated rings. The number of nitrogens with one attached hydrogen (secondary N) is 2. The Kier molecular flexibility index (Phi) is 5.40. The van der Waals surface area contributed by atoms with E-state index in [1.165, 1.54) is 0 Å². The summed E-state index contributed by atoms with van der Waals surface area (Å²) >= 11 is 0. The molecule has 2 aliphatic rings. The number of benzene rings is 1. The molecule has 1 aromatic carbocycles. The number of aliphatic hydroxyl groups excluding tert-OH is 1. The maximum Gasteiger partial charge on any atom is 0.269 e. The van der Waals surface area contributed by atoms with E-state index in [-0.39, 0.29) is 30.2 Å². The number of pyridine rings is 1. The van der Waals surface area contributed by atoms with Gasteiger partial charge in [0.2, 0.25) is 0 Å². The van der Waals surface area contributed by atoms with E-state index < -0.39 is 0 Å². The minimum atomic E-state index is -0.329. The Balaban J connectivity index is 1.44. The summed E-state index contributed by atoms with van der Waals surface area (Å²) in [5.74, 6) is 0.286. The molecule has 3 atom stereocenters. The number of ether oxygens (including phenoxy) is 1. The highest BCUT2D eigenvalue weighted by molar-refractivity contribution is 5.99. The first-order chi connectivity index (χ1) is 15.6. The van der Waals surface area contributed by atoms with Crippen LogP contribution in [0.2, 0.25) is 0 Å². The van der Waals surface area contributed by atoms with Crippen molar-refractivity contribution in [1.82, 2.24) is 20.2 Å². The second-order valence-corrected chi connectivity index (χ2v) is 8.44. The molecule has 0 radical (unpaired) electrons. The molecular formula is C24H26N4O4. The molecule has 3 heterocycles. The quantitative estimate of drug-likeness (QED) is 0.521. The fourth-order valence-electron chi connectivity index (χ4n) is 4.68. The van der Waals surface area contributed by atoms with Crippen molar-refractivity contribution in [3.63, 3.8) is 0 Å². The molecule has 1 saturated carbocycles. The van der Waals surface area contributed by atoms with Crippen LogP contribution < -0.4 is 10.6 Å². The fraction of sp³-hybridized carbons (Fsp3) is 0.375. The lowest BCUT2D eigenvalue weighted by atomic mass is 10.0. The third-order valence-electron chi connectivity index (χ3n) is 6.47. The highest BCUT2D eigenvalue weighted by Gasteiger charge is 2.54. The molecule has 32 heavy (non-hydrogen) atoms. The van der Waals surface area contributed by atoms with Crippen molar-refractivity contribution in [2.45, 2.75) is 19.0 Å². The third kappa shape index (κ3) is 3.76. The van der Waals surface area contributed by atoms with Gasteiger partial charge < -0.3 is 25.0 Å². The van der Waals surface area contributed by atoms with E-state index in [1.807, 2.05) is 35.0 Å². The Morgan fingerprint density at radius 1 is 1.19 bits per heavy atom. The zero-order valence-corrected chi connectivity index (χ0v) is 17.9. The van der Waals surface area contributed by atoms with E-state index >= 15 is 0 Å². The number of nitrogens with zero attached hydrogens (tertiary/aromatic N) is 2. The number of hydrogen-bond acceptors (Lipinski definition) is 5. The Labute approximate surface area is 185 Å². The van der Waals surface area contributed by atoms with Crippen LogP contribution >= 0.6 is 0 Å². The zero-order chi connectivity index (χ0) is 22.2. The van der Waals surface area contributed by atoms with Crippen LogP contribution in [0.25, 0.3) is 10.9 Å². The number of amides is 2. The van der Waals surface area contributed by atoms with Crippen LogP contribution in [0.15, 0.2) is 42.6 Å². The number of aromatic nitrogens is 2. The largest absolute Gasteiger partial charge is 0.395 e. The van der Waals surface area contributed by atoms with E-state index in [2.05, 4.69) is 15.6 Å². The molecule has 3 N–H and O–H groups in total. The number of carbonyl (C=O) groups excluding carboxylic acids is 2. The highest BCUT2D eigenvalue weighted by atomic mass is 16.5. The van der Waals surface area contributed by atoms with Gasteiger partial charge in [-0.1, -0.05) is 12.1 Å².